The molecule has 2 N–H and O–H groups in total. The number of rotatable bonds is 3. The van der Waals surface area contributed by atoms with Crippen LogP contribution in [0.4, 0.5) is 0 Å². The van der Waals surface area contributed by atoms with E-state index in [1.165, 1.54) is 5.56 Å². The molecule has 0 saturated carbocycles. The van der Waals surface area contributed by atoms with E-state index in [0.717, 1.165) is 23.6 Å². The Morgan fingerprint density at radius 3 is 2.76 bits per heavy atom. The first-order valence-corrected chi connectivity index (χ1v) is 5.62. The number of aromatic hydroxyl groups is 1. The largest absolute Gasteiger partial charge is 0.508 e. The summed E-state index contributed by atoms with van der Waals surface area (Å²) >= 11 is 0. The van der Waals surface area contributed by atoms with Crippen molar-refractivity contribution in [3.63, 3.8) is 0 Å². The lowest BCUT2D eigenvalue weighted by Crippen LogP contribution is -2.07. The Bertz CT molecular complexity index is 531. The molecule has 2 rings (SSSR count). The quantitative estimate of drug-likeness (QED) is 0.848. The highest BCUT2D eigenvalue weighted by Gasteiger charge is 2.11. The van der Waals surface area contributed by atoms with E-state index in [4.69, 9.17) is 0 Å². The van der Waals surface area contributed by atoms with E-state index < -0.39 is 0 Å². The van der Waals surface area contributed by atoms with Gasteiger partial charge in [0, 0.05) is 23.9 Å². The molecule has 1 aromatic carbocycles. The third kappa shape index (κ3) is 2.17. The fraction of sp³-hybridized carbons (Fsp3) is 0.308. The smallest absolute Gasteiger partial charge is 0.117 e. The van der Waals surface area contributed by atoms with Crippen molar-refractivity contribution in [2.45, 2.75) is 20.4 Å². The zero-order chi connectivity index (χ0) is 12.4. The van der Waals surface area contributed by atoms with Crippen molar-refractivity contribution in [3.8, 4) is 11.4 Å². The molecule has 0 amide bonds. The standard InChI is InChI=1S/C13H17N3O/c1-9-13(8-14-3)10(2)16(15-9)11-5-4-6-12(17)7-11/h4-7,14,17H,8H2,1-3H3. The van der Waals surface area contributed by atoms with Gasteiger partial charge in [0.05, 0.1) is 11.4 Å². The van der Waals surface area contributed by atoms with E-state index in [2.05, 4.69) is 10.4 Å². The van der Waals surface area contributed by atoms with Crippen LogP contribution in [0.15, 0.2) is 24.3 Å². The number of aromatic nitrogens is 2. The Balaban J connectivity index is 2.50. The first-order chi connectivity index (χ1) is 8.13. The average Bonchev–Trinajstić information content (AvgIpc) is 2.57. The van der Waals surface area contributed by atoms with Gasteiger partial charge in [0.25, 0.3) is 0 Å². The van der Waals surface area contributed by atoms with Crippen LogP contribution in [-0.4, -0.2) is 21.9 Å². The van der Waals surface area contributed by atoms with Gasteiger partial charge in [-0.25, -0.2) is 4.68 Å². The summed E-state index contributed by atoms with van der Waals surface area (Å²) in [4.78, 5) is 0. The molecule has 0 aliphatic rings. The lowest BCUT2D eigenvalue weighted by molar-refractivity contribution is 0.474. The molecule has 0 bridgehead atoms. The maximum atomic E-state index is 9.49. The van der Waals surface area contributed by atoms with Gasteiger partial charge in [0.2, 0.25) is 0 Å². The van der Waals surface area contributed by atoms with Crippen molar-refractivity contribution in [3.05, 3.63) is 41.2 Å². The van der Waals surface area contributed by atoms with Gasteiger partial charge < -0.3 is 10.4 Å². The number of benzene rings is 1. The monoisotopic (exact) mass is 231 g/mol. The highest BCUT2D eigenvalue weighted by Crippen LogP contribution is 2.20. The minimum absolute atomic E-state index is 0.255. The summed E-state index contributed by atoms with van der Waals surface area (Å²) in [5, 5.41) is 17.1. The van der Waals surface area contributed by atoms with Gasteiger partial charge in [-0.1, -0.05) is 6.07 Å². The van der Waals surface area contributed by atoms with Crippen LogP contribution in [0.1, 0.15) is 17.0 Å². The first-order valence-electron chi connectivity index (χ1n) is 5.62. The Morgan fingerprint density at radius 2 is 2.12 bits per heavy atom. The number of hydrogen-bond donors (Lipinski definition) is 2. The topological polar surface area (TPSA) is 50.1 Å². The van der Waals surface area contributed by atoms with Gasteiger partial charge in [0.15, 0.2) is 0 Å². The molecule has 1 aromatic heterocycles. The van der Waals surface area contributed by atoms with E-state index in [1.807, 2.05) is 37.7 Å². The van der Waals surface area contributed by atoms with E-state index in [9.17, 15) is 5.11 Å². The van der Waals surface area contributed by atoms with Gasteiger partial charge >= 0.3 is 0 Å². The predicted molar refractivity (Wildman–Crippen MR) is 67.5 cm³/mol. The number of aryl methyl sites for hydroxylation is 1. The molecule has 17 heavy (non-hydrogen) atoms. The third-order valence-corrected chi connectivity index (χ3v) is 2.87. The summed E-state index contributed by atoms with van der Waals surface area (Å²) in [6, 6.07) is 7.12. The molecule has 0 aliphatic heterocycles. The molecular weight excluding hydrogens is 214 g/mol. The lowest BCUT2D eigenvalue weighted by atomic mass is 10.2. The summed E-state index contributed by atoms with van der Waals surface area (Å²) < 4.78 is 1.86. The van der Waals surface area contributed by atoms with E-state index >= 15 is 0 Å². The van der Waals surface area contributed by atoms with Crippen LogP contribution >= 0.6 is 0 Å². The number of phenols is 1. The van der Waals surface area contributed by atoms with Crippen LogP contribution in [0.3, 0.4) is 0 Å². The van der Waals surface area contributed by atoms with Crippen molar-refractivity contribution in [1.29, 1.82) is 0 Å². The summed E-state index contributed by atoms with van der Waals surface area (Å²) in [5.74, 6) is 0.255. The Labute approximate surface area is 101 Å². The zero-order valence-corrected chi connectivity index (χ0v) is 10.4. The van der Waals surface area contributed by atoms with Crippen LogP contribution in [-0.2, 0) is 6.54 Å². The van der Waals surface area contributed by atoms with Crippen molar-refractivity contribution < 1.29 is 5.11 Å². The van der Waals surface area contributed by atoms with Gasteiger partial charge in [-0.2, -0.15) is 5.10 Å². The molecule has 0 unspecified atom stereocenters. The highest BCUT2D eigenvalue weighted by atomic mass is 16.3. The molecule has 4 nitrogen and oxygen atoms in total. The van der Waals surface area contributed by atoms with Crippen molar-refractivity contribution >= 4 is 0 Å². The molecule has 4 heteroatoms. The van der Waals surface area contributed by atoms with Crippen LogP contribution in [0, 0.1) is 13.8 Å². The molecule has 0 aliphatic carbocycles. The number of hydrogen-bond acceptors (Lipinski definition) is 3. The molecule has 2 aromatic rings. The molecule has 90 valence electrons. The summed E-state index contributed by atoms with van der Waals surface area (Å²) in [6.07, 6.45) is 0. The normalized spacial score (nSPS) is 10.8. The second-order valence-electron chi connectivity index (χ2n) is 4.11. The van der Waals surface area contributed by atoms with Crippen LogP contribution in [0.25, 0.3) is 5.69 Å². The minimum Gasteiger partial charge on any atom is -0.508 e. The summed E-state index contributed by atoms with van der Waals surface area (Å²) in [6.45, 7) is 4.84. The fourth-order valence-corrected chi connectivity index (χ4v) is 1.98. The number of nitrogens with zero attached hydrogens (tertiary/aromatic N) is 2. The minimum atomic E-state index is 0.255. The maximum absolute atomic E-state index is 9.49. The van der Waals surface area contributed by atoms with Crippen LogP contribution < -0.4 is 5.32 Å². The van der Waals surface area contributed by atoms with Gasteiger partial charge in [-0.3, -0.25) is 0 Å². The Kier molecular flexibility index (Phi) is 3.15. The predicted octanol–water partition coefficient (Wildman–Crippen LogP) is 1.91. The molecular formula is C13H17N3O. The number of nitrogens with one attached hydrogen (secondary N) is 1. The molecule has 0 spiro atoms. The molecule has 1 heterocycles. The van der Waals surface area contributed by atoms with E-state index in [0.29, 0.717) is 0 Å². The molecule has 0 saturated heterocycles. The van der Waals surface area contributed by atoms with Gasteiger partial charge in [0.1, 0.15) is 5.75 Å². The molecule has 0 fully saturated rings. The fourth-order valence-electron chi connectivity index (χ4n) is 1.98. The van der Waals surface area contributed by atoms with Crippen LogP contribution in [0.2, 0.25) is 0 Å². The van der Waals surface area contributed by atoms with E-state index in [-0.39, 0.29) is 5.75 Å². The van der Waals surface area contributed by atoms with E-state index in [1.54, 1.807) is 12.1 Å². The average molecular weight is 231 g/mol. The van der Waals surface area contributed by atoms with Crippen molar-refractivity contribution in [2.24, 2.45) is 0 Å². The number of phenolic OH excluding ortho intramolecular Hbond substituents is 1. The van der Waals surface area contributed by atoms with Crippen LogP contribution in [0.5, 0.6) is 5.75 Å². The first kappa shape index (κ1) is 11.7. The third-order valence-electron chi connectivity index (χ3n) is 2.87. The Hall–Kier alpha value is -1.81. The highest BCUT2D eigenvalue weighted by molar-refractivity contribution is 5.41. The SMILES string of the molecule is CNCc1c(C)nn(-c2cccc(O)c2)c1C. The zero-order valence-electron chi connectivity index (χ0n) is 10.4. The second-order valence-corrected chi connectivity index (χ2v) is 4.11. The molecule has 0 radical (unpaired) electrons. The second kappa shape index (κ2) is 4.59. The van der Waals surface area contributed by atoms with Gasteiger partial charge in [-0.15, -0.1) is 0 Å². The summed E-state index contributed by atoms with van der Waals surface area (Å²) in [7, 11) is 1.92. The summed E-state index contributed by atoms with van der Waals surface area (Å²) in [5.41, 5.74) is 4.20. The van der Waals surface area contributed by atoms with Crippen molar-refractivity contribution in [2.75, 3.05) is 7.05 Å². The van der Waals surface area contributed by atoms with Crippen molar-refractivity contribution in [1.82, 2.24) is 15.1 Å². The molecule has 0 atom stereocenters. The maximum Gasteiger partial charge on any atom is 0.117 e. The van der Waals surface area contributed by atoms with Gasteiger partial charge in [-0.05, 0) is 33.0 Å². The Morgan fingerprint density at radius 1 is 1.35 bits per heavy atom. The lowest BCUT2D eigenvalue weighted by Gasteiger charge is -2.05.